The summed E-state index contributed by atoms with van der Waals surface area (Å²) in [5, 5.41) is 11.0. The molecular weight excluding hydrogens is 380 g/mol. The molecule has 2 aromatic rings. The number of nitro groups is 1. The lowest BCUT2D eigenvalue weighted by Gasteiger charge is -2.27. The number of ether oxygens (including phenoxy) is 1. The van der Waals surface area contributed by atoms with Gasteiger partial charge in [-0.1, -0.05) is 37.6 Å². The third-order valence-electron chi connectivity index (χ3n) is 3.58. The first-order valence-electron chi connectivity index (χ1n) is 7.78. The molecule has 0 aliphatic carbocycles. The lowest BCUT2D eigenvalue weighted by molar-refractivity contribution is -0.385. The van der Waals surface area contributed by atoms with Crippen LogP contribution < -0.4 is 9.04 Å². The zero-order valence-electron chi connectivity index (χ0n) is 14.5. The van der Waals surface area contributed by atoms with Crippen molar-refractivity contribution < 1.29 is 18.1 Å². The van der Waals surface area contributed by atoms with Crippen molar-refractivity contribution in [2.75, 3.05) is 18.0 Å². The summed E-state index contributed by atoms with van der Waals surface area (Å²) in [6.45, 7) is 3.89. The summed E-state index contributed by atoms with van der Waals surface area (Å²) in [5.74, 6) is 0.366. The Hall–Kier alpha value is -2.32. The summed E-state index contributed by atoms with van der Waals surface area (Å²) < 4.78 is 33.0. The first-order valence-corrected chi connectivity index (χ1v) is 9.60. The lowest BCUT2D eigenvalue weighted by atomic mass is 10.2. The average Bonchev–Trinajstić information content (AvgIpc) is 2.59. The molecule has 0 aliphatic rings. The zero-order chi connectivity index (χ0) is 19.5. The number of anilines is 1. The van der Waals surface area contributed by atoms with E-state index in [9.17, 15) is 18.5 Å². The smallest absolute Gasteiger partial charge is 0.270 e. The van der Waals surface area contributed by atoms with Gasteiger partial charge in [-0.25, -0.2) is 8.42 Å². The van der Waals surface area contributed by atoms with Gasteiger partial charge in [0.1, 0.15) is 10.6 Å². The van der Waals surface area contributed by atoms with Crippen LogP contribution in [-0.2, 0) is 10.0 Å². The Bertz CT molecular complexity index is 915. The number of hydrogen-bond acceptors (Lipinski definition) is 5. The zero-order valence-corrected chi connectivity index (χ0v) is 16.1. The second-order valence-corrected chi connectivity index (χ2v) is 8.21. The van der Waals surface area contributed by atoms with Gasteiger partial charge in [-0.05, 0) is 24.1 Å². The molecule has 0 fully saturated rings. The van der Waals surface area contributed by atoms with Crippen molar-refractivity contribution in [3.05, 3.63) is 57.6 Å². The first-order chi connectivity index (χ1) is 12.2. The Morgan fingerprint density at radius 2 is 1.88 bits per heavy atom. The third-order valence-corrected chi connectivity index (χ3v) is 5.84. The Morgan fingerprint density at radius 1 is 1.23 bits per heavy atom. The Balaban J connectivity index is 2.68. The van der Waals surface area contributed by atoms with E-state index < -0.39 is 14.9 Å². The number of halogens is 1. The molecule has 26 heavy (non-hydrogen) atoms. The molecule has 0 radical (unpaired) electrons. The molecular formula is C17H19ClN2O5S. The van der Waals surface area contributed by atoms with Crippen molar-refractivity contribution in [2.45, 2.75) is 18.7 Å². The van der Waals surface area contributed by atoms with Crippen molar-refractivity contribution in [1.29, 1.82) is 0 Å². The molecule has 0 unspecified atom stereocenters. The van der Waals surface area contributed by atoms with Crippen LogP contribution in [0.4, 0.5) is 11.4 Å². The number of non-ortho nitro benzene ring substituents is 1. The summed E-state index contributed by atoms with van der Waals surface area (Å²) in [6.07, 6.45) is 0. The first kappa shape index (κ1) is 20.0. The van der Waals surface area contributed by atoms with E-state index in [4.69, 9.17) is 16.3 Å². The van der Waals surface area contributed by atoms with Crippen molar-refractivity contribution in [3.8, 4) is 5.75 Å². The number of nitrogens with zero attached hydrogens (tertiary/aromatic N) is 2. The molecule has 140 valence electrons. The maximum absolute atomic E-state index is 13.3. The van der Waals surface area contributed by atoms with Gasteiger partial charge in [0.05, 0.1) is 22.7 Å². The molecule has 0 heterocycles. The van der Waals surface area contributed by atoms with Crippen LogP contribution in [0.15, 0.2) is 47.4 Å². The normalized spacial score (nSPS) is 11.4. The predicted molar refractivity (Wildman–Crippen MR) is 100 cm³/mol. The van der Waals surface area contributed by atoms with E-state index in [1.165, 1.54) is 17.5 Å². The van der Waals surface area contributed by atoms with Crippen molar-refractivity contribution in [1.82, 2.24) is 0 Å². The van der Waals surface area contributed by atoms with Gasteiger partial charge in [0, 0.05) is 18.7 Å². The van der Waals surface area contributed by atoms with Crippen LogP contribution in [0.1, 0.15) is 13.8 Å². The topological polar surface area (TPSA) is 89.8 Å². The monoisotopic (exact) mass is 398 g/mol. The van der Waals surface area contributed by atoms with E-state index in [1.807, 2.05) is 13.8 Å². The van der Waals surface area contributed by atoms with Crippen LogP contribution >= 0.6 is 11.6 Å². The lowest BCUT2D eigenvalue weighted by Crippen LogP contribution is -2.34. The fraction of sp³-hybridized carbons (Fsp3) is 0.294. The highest BCUT2D eigenvalue weighted by atomic mass is 35.5. The van der Waals surface area contributed by atoms with E-state index in [-0.39, 0.29) is 28.1 Å². The fourth-order valence-corrected chi connectivity index (χ4v) is 4.55. The van der Waals surface area contributed by atoms with Gasteiger partial charge in [0.25, 0.3) is 15.7 Å². The molecule has 0 aromatic heterocycles. The van der Waals surface area contributed by atoms with Crippen molar-refractivity contribution >= 4 is 33.0 Å². The predicted octanol–water partition coefficient (Wildman–Crippen LogP) is 4.11. The SMILES string of the molecule is COc1ccccc1N(CC(C)C)S(=O)(=O)c1cc([N+](=O)[O-])ccc1Cl. The van der Waals surface area contributed by atoms with Gasteiger partial charge >= 0.3 is 0 Å². The van der Waals surface area contributed by atoms with Crippen LogP contribution in [-0.4, -0.2) is 27.0 Å². The average molecular weight is 399 g/mol. The minimum atomic E-state index is -4.15. The highest BCUT2D eigenvalue weighted by Gasteiger charge is 2.31. The molecule has 2 aromatic carbocycles. The molecule has 0 amide bonds. The van der Waals surface area contributed by atoms with Gasteiger partial charge in [-0.15, -0.1) is 0 Å². The van der Waals surface area contributed by atoms with Gasteiger partial charge in [0.15, 0.2) is 0 Å². The van der Waals surface area contributed by atoms with Gasteiger partial charge < -0.3 is 4.74 Å². The number of sulfonamides is 1. The van der Waals surface area contributed by atoms with Crippen LogP contribution in [0.3, 0.4) is 0 Å². The maximum Gasteiger partial charge on any atom is 0.270 e. The van der Waals surface area contributed by atoms with Crippen LogP contribution in [0.25, 0.3) is 0 Å². The minimum Gasteiger partial charge on any atom is -0.495 e. The number of methoxy groups -OCH3 is 1. The number of hydrogen-bond donors (Lipinski definition) is 0. The Morgan fingerprint density at radius 3 is 2.46 bits per heavy atom. The molecule has 7 nitrogen and oxygen atoms in total. The minimum absolute atomic E-state index is 0.00726. The largest absolute Gasteiger partial charge is 0.495 e. The molecule has 0 spiro atoms. The van der Waals surface area contributed by atoms with Crippen molar-refractivity contribution in [3.63, 3.8) is 0 Å². The molecule has 0 atom stereocenters. The van der Waals surface area contributed by atoms with E-state index in [2.05, 4.69) is 0 Å². The molecule has 0 N–H and O–H groups in total. The molecule has 0 saturated carbocycles. The van der Waals surface area contributed by atoms with E-state index in [1.54, 1.807) is 24.3 Å². The number of rotatable bonds is 7. The summed E-state index contributed by atoms with van der Waals surface area (Å²) in [4.78, 5) is 10.1. The molecule has 0 aliphatic heterocycles. The van der Waals surface area contributed by atoms with Gasteiger partial charge in [-0.2, -0.15) is 0 Å². The van der Waals surface area contributed by atoms with E-state index in [0.717, 1.165) is 12.1 Å². The highest BCUT2D eigenvalue weighted by Crippen LogP contribution is 2.36. The van der Waals surface area contributed by atoms with E-state index in [0.29, 0.717) is 11.4 Å². The van der Waals surface area contributed by atoms with Gasteiger partial charge in [0.2, 0.25) is 0 Å². The van der Waals surface area contributed by atoms with Crippen LogP contribution in [0.2, 0.25) is 5.02 Å². The summed E-state index contributed by atoms with van der Waals surface area (Å²) >= 11 is 6.07. The quantitative estimate of drug-likeness (QED) is 0.517. The molecule has 0 saturated heterocycles. The van der Waals surface area contributed by atoms with Gasteiger partial charge in [-0.3, -0.25) is 14.4 Å². The second kappa shape index (κ2) is 7.92. The fourth-order valence-electron chi connectivity index (χ4n) is 2.42. The Labute approximate surface area is 157 Å². The Kier molecular flexibility index (Phi) is 6.09. The number of nitro benzene ring substituents is 1. The molecule has 9 heteroatoms. The molecule has 2 rings (SSSR count). The molecule has 0 bridgehead atoms. The summed E-state index contributed by atoms with van der Waals surface area (Å²) in [5.41, 5.74) is -0.0104. The van der Waals surface area contributed by atoms with Crippen LogP contribution in [0.5, 0.6) is 5.75 Å². The summed E-state index contributed by atoms with van der Waals surface area (Å²) in [6, 6.07) is 10.0. The number of para-hydroxylation sites is 2. The standard InChI is InChI=1S/C17H19ClN2O5S/c1-12(2)11-19(15-6-4-5-7-16(15)25-3)26(23,24)17-10-13(20(21)22)8-9-14(17)18/h4-10,12H,11H2,1-3H3. The number of benzene rings is 2. The van der Waals surface area contributed by atoms with E-state index >= 15 is 0 Å². The second-order valence-electron chi connectivity index (χ2n) is 5.97. The van der Waals surface area contributed by atoms with Crippen LogP contribution in [0, 0.1) is 16.0 Å². The third kappa shape index (κ3) is 4.08. The van der Waals surface area contributed by atoms with Crippen molar-refractivity contribution in [2.24, 2.45) is 5.92 Å². The maximum atomic E-state index is 13.3. The summed E-state index contributed by atoms with van der Waals surface area (Å²) in [7, 11) is -2.71. The highest BCUT2D eigenvalue weighted by molar-refractivity contribution is 7.93.